The molecule has 2 N–H and O–H groups in total. The Morgan fingerprint density at radius 2 is 2.35 bits per heavy atom. The third-order valence-electron chi connectivity index (χ3n) is 3.37. The fraction of sp³-hybridized carbons (Fsp3) is 0.462. The molecule has 1 aromatic carbocycles. The van der Waals surface area contributed by atoms with E-state index in [0.717, 1.165) is 38.1 Å². The summed E-state index contributed by atoms with van der Waals surface area (Å²) < 4.78 is 13.0. The highest BCUT2D eigenvalue weighted by molar-refractivity contribution is 5.93. The van der Waals surface area contributed by atoms with Crippen LogP contribution in [-0.2, 0) is 4.79 Å². The Morgan fingerprint density at radius 3 is 3.00 bits per heavy atom. The lowest BCUT2D eigenvalue weighted by molar-refractivity contribution is -0.384. The summed E-state index contributed by atoms with van der Waals surface area (Å²) >= 11 is 0. The minimum atomic E-state index is -0.709. The van der Waals surface area contributed by atoms with Crippen molar-refractivity contribution >= 4 is 17.3 Å². The van der Waals surface area contributed by atoms with Crippen molar-refractivity contribution in [1.82, 2.24) is 5.32 Å². The molecule has 0 bridgehead atoms. The normalized spacial score (nSPS) is 17.9. The fourth-order valence-electron chi connectivity index (χ4n) is 2.27. The molecule has 0 aromatic heterocycles. The molecule has 1 heterocycles. The maximum atomic E-state index is 13.0. The SMILES string of the molecule is O=C(CCC1CCNC1)Nc1ccc(F)cc1[N+](=O)[O-]. The number of nitro groups is 1. The molecule has 1 aromatic rings. The van der Waals surface area contributed by atoms with E-state index in [1.54, 1.807) is 0 Å². The monoisotopic (exact) mass is 281 g/mol. The highest BCUT2D eigenvalue weighted by Crippen LogP contribution is 2.25. The number of halogens is 1. The first kappa shape index (κ1) is 14.4. The van der Waals surface area contributed by atoms with Gasteiger partial charge in [-0.2, -0.15) is 0 Å². The summed E-state index contributed by atoms with van der Waals surface area (Å²) in [4.78, 5) is 21.9. The van der Waals surface area contributed by atoms with Gasteiger partial charge in [0, 0.05) is 6.42 Å². The van der Waals surface area contributed by atoms with Crippen LogP contribution in [0.15, 0.2) is 18.2 Å². The third kappa shape index (κ3) is 3.74. The van der Waals surface area contributed by atoms with Gasteiger partial charge in [0.05, 0.1) is 11.0 Å². The number of hydrogen-bond donors (Lipinski definition) is 2. The predicted octanol–water partition coefficient (Wildman–Crippen LogP) is 2.06. The molecule has 108 valence electrons. The molecule has 1 aliphatic rings. The van der Waals surface area contributed by atoms with Crippen LogP contribution in [0.3, 0.4) is 0 Å². The molecule has 0 saturated carbocycles. The van der Waals surface area contributed by atoms with Crippen LogP contribution in [-0.4, -0.2) is 23.9 Å². The van der Waals surface area contributed by atoms with Gasteiger partial charge in [0.2, 0.25) is 5.91 Å². The second-order valence-electron chi connectivity index (χ2n) is 4.86. The van der Waals surface area contributed by atoms with E-state index in [2.05, 4.69) is 10.6 Å². The molecular formula is C13H16FN3O3. The standard InChI is InChI=1S/C13H16FN3O3/c14-10-2-3-11(12(7-10)17(19)20)16-13(18)4-1-9-5-6-15-8-9/h2-3,7,9,15H,1,4-6,8H2,(H,16,18). The summed E-state index contributed by atoms with van der Waals surface area (Å²) in [5.74, 6) is -0.512. The molecule has 6 nitrogen and oxygen atoms in total. The van der Waals surface area contributed by atoms with Gasteiger partial charge in [-0.3, -0.25) is 14.9 Å². The Balaban J connectivity index is 1.94. The minimum Gasteiger partial charge on any atom is -0.320 e. The van der Waals surface area contributed by atoms with Crippen LogP contribution in [0.25, 0.3) is 0 Å². The van der Waals surface area contributed by atoms with Crippen molar-refractivity contribution in [3.8, 4) is 0 Å². The van der Waals surface area contributed by atoms with Crippen molar-refractivity contribution in [2.45, 2.75) is 19.3 Å². The number of nitro benzene ring substituents is 1. The first-order valence-electron chi connectivity index (χ1n) is 6.51. The number of rotatable bonds is 5. The van der Waals surface area contributed by atoms with Crippen LogP contribution in [0.2, 0.25) is 0 Å². The van der Waals surface area contributed by atoms with Gasteiger partial charge in [0.25, 0.3) is 5.69 Å². The van der Waals surface area contributed by atoms with Gasteiger partial charge in [-0.25, -0.2) is 4.39 Å². The van der Waals surface area contributed by atoms with E-state index in [-0.39, 0.29) is 11.6 Å². The molecule has 0 aliphatic carbocycles. The van der Waals surface area contributed by atoms with Gasteiger partial charge in [0.15, 0.2) is 0 Å². The quantitative estimate of drug-likeness (QED) is 0.639. The van der Waals surface area contributed by atoms with Crippen LogP contribution in [0, 0.1) is 21.8 Å². The maximum absolute atomic E-state index is 13.0. The average Bonchev–Trinajstić information content (AvgIpc) is 2.91. The van der Waals surface area contributed by atoms with E-state index in [4.69, 9.17) is 0 Å². The molecule has 0 spiro atoms. The second-order valence-corrected chi connectivity index (χ2v) is 4.86. The molecule has 2 rings (SSSR count). The number of benzene rings is 1. The average molecular weight is 281 g/mol. The molecule has 1 aliphatic heterocycles. The van der Waals surface area contributed by atoms with E-state index < -0.39 is 16.4 Å². The summed E-state index contributed by atoms with van der Waals surface area (Å²) in [6.45, 7) is 1.87. The van der Waals surface area contributed by atoms with Gasteiger partial charge in [-0.1, -0.05) is 0 Å². The Kier molecular flexibility index (Phi) is 4.62. The number of nitrogens with one attached hydrogen (secondary N) is 2. The molecule has 20 heavy (non-hydrogen) atoms. The molecular weight excluding hydrogens is 265 g/mol. The summed E-state index contributed by atoms with van der Waals surface area (Å²) in [6.07, 6.45) is 2.10. The lowest BCUT2D eigenvalue weighted by Gasteiger charge is -2.09. The van der Waals surface area contributed by atoms with E-state index in [0.29, 0.717) is 12.3 Å². The maximum Gasteiger partial charge on any atom is 0.295 e. The van der Waals surface area contributed by atoms with Gasteiger partial charge in [0.1, 0.15) is 11.5 Å². The van der Waals surface area contributed by atoms with Crippen molar-refractivity contribution in [2.24, 2.45) is 5.92 Å². The molecule has 1 saturated heterocycles. The number of carbonyl (C=O) groups excluding carboxylic acids is 1. The summed E-state index contributed by atoms with van der Waals surface area (Å²) in [7, 11) is 0. The zero-order valence-electron chi connectivity index (χ0n) is 10.9. The second kappa shape index (κ2) is 6.42. The Morgan fingerprint density at radius 1 is 1.55 bits per heavy atom. The predicted molar refractivity (Wildman–Crippen MR) is 71.9 cm³/mol. The first-order valence-corrected chi connectivity index (χ1v) is 6.51. The number of nitrogens with zero attached hydrogens (tertiary/aromatic N) is 1. The molecule has 1 amide bonds. The van der Waals surface area contributed by atoms with Crippen molar-refractivity contribution in [1.29, 1.82) is 0 Å². The van der Waals surface area contributed by atoms with Crippen LogP contribution in [0.1, 0.15) is 19.3 Å². The van der Waals surface area contributed by atoms with E-state index in [9.17, 15) is 19.3 Å². The number of anilines is 1. The molecule has 1 unspecified atom stereocenters. The molecule has 0 radical (unpaired) electrons. The zero-order valence-corrected chi connectivity index (χ0v) is 10.9. The third-order valence-corrected chi connectivity index (χ3v) is 3.37. The van der Waals surface area contributed by atoms with Crippen molar-refractivity contribution < 1.29 is 14.1 Å². The van der Waals surface area contributed by atoms with Crippen molar-refractivity contribution in [2.75, 3.05) is 18.4 Å². The number of amides is 1. The van der Waals surface area contributed by atoms with Crippen LogP contribution in [0.5, 0.6) is 0 Å². The van der Waals surface area contributed by atoms with E-state index in [1.807, 2.05) is 0 Å². The largest absolute Gasteiger partial charge is 0.320 e. The minimum absolute atomic E-state index is 0.0333. The van der Waals surface area contributed by atoms with Crippen molar-refractivity contribution in [3.63, 3.8) is 0 Å². The Hall–Kier alpha value is -2.02. The summed E-state index contributed by atoms with van der Waals surface area (Å²) in [5, 5.41) is 16.5. The summed E-state index contributed by atoms with van der Waals surface area (Å²) in [5.41, 5.74) is -0.396. The zero-order chi connectivity index (χ0) is 14.5. The van der Waals surface area contributed by atoms with Crippen LogP contribution < -0.4 is 10.6 Å². The number of hydrogen-bond acceptors (Lipinski definition) is 4. The van der Waals surface area contributed by atoms with Gasteiger partial charge in [-0.05, 0) is 44.0 Å². The smallest absolute Gasteiger partial charge is 0.295 e. The lowest BCUT2D eigenvalue weighted by atomic mass is 10.0. The lowest BCUT2D eigenvalue weighted by Crippen LogP contribution is -2.15. The molecule has 1 fully saturated rings. The fourth-order valence-corrected chi connectivity index (χ4v) is 2.27. The van der Waals surface area contributed by atoms with Crippen molar-refractivity contribution in [3.05, 3.63) is 34.1 Å². The van der Waals surface area contributed by atoms with Crippen LogP contribution in [0.4, 0.5) is 15.8 Å². The van der Waals surface area contributed by atoms with Gasteiger partial charge >= 0.3 is 0 Å². The Bertz CT molecular complexity index is 516. The first-order chi connectivity index (χ1) is 9.56. The number of carbonyl (C=O) groups is 1. The highest BCUT2D eigenvalue weighted by atomic mass is 19.1. The van der Waals surface area contributed by atoms with Crippen LogP contribution >= 0.6 is 0 Å². The van der Waals surface area contributed by atoms with E-state index in [1.165, 1.54) is 6.07 Å². The summed E-state index contributed by atoms with van der Waals surface area (Å²) in [6, 6.07) is 3.10. The van der Waals surface area contributed by atoms with E-state index >= 15 is 0 Å². The molecule has 7 heteroatoms. The topological polar surface area (TPSA) is 84.3 Å². The molecule has 1 atom stereocenters. The highest BCUT2D eigenvalue weighted by Gasteiger charge is 2.19. The van der Waals surface area contributed by atoms with Gasteiger partial charge in [-0.15, -0.1) is 0 Å². The Labute approximate surface area is 115 Å². The van der Waals surface area contributed by atoms with Gasteiger partial charge < -0.3 is 10.6 Å².